The minimum atomic E-state index is 1.14. The molecular weight excluding hydrogens is 88.1 g/mol. The second kappa shape index (κ2) is 3.53. The van der Waals surface area contributed by atoms with Crippen molar-refractivity contribution in [1.29, 1.82) is 0 Å². The molecule has 42 valence electrons. The zero-order valence-electron chi connectivity index (χ0n) is 5.08. The molecule has 0 aliphatic rings. The Morgan fingerprint density at radius 3 is 2.14 bits per heavy atom. The van der Waals surface area contributed by atoms with Crippen LogP contribution >= 0.6 is 0 Å². The molecule has 0 heterocycles. The highest BCUT2D eigenvalue weighted by molar-refractivity contribution is 4.90. The quantitative estimate of drug-likeness (QED) is 0.521. The van der Waals surface area contributed by atoms with E-state index in [1.54, 1.807) is 0 Å². The lowest BCUT2D eigenvalue weighted by molar-refractivity contribution is 0.943. The number of nitrogens with one attached hydrogen (secondary N) is 2. The van der Waals surface area contributed by atoms with Gasteiger partial charge in [-0.1, -0.05) is 0 Å². The molecule has 0 saturated carbocycles. The van der Waals surface area contributed by atoms with Crippen LogP contribution < -0.4 is 10.6 Å². The van der Waals surface area contributed by atoms with Gasteiger partial charge in [-0.3, -0.25) is 0 Å². The summed E-state index contributed by atoms with van der Waals surface area (Å²) in [7, 11) is 3.77. The van der Waals surface area contributed by atoms with Crippen LogP contribution in [0.3, 0.4) is 0 Å². The van der Waals surface area contributed by atoms with E-state index in [2.05, 4.69) is 10.6 Å². The molecule has 7 heavy (non-hydrogen) atoms. The van der Waals surface area contributed by atoms with Gasteiger partial charge in [0.25, 0.3) is 0 Å². The van der Waals surface area contributed by atoms with Gasteiger partial charge in [0.1, 0.15) is 0 Å². The van der Waals surface area contributed by atoms with Gasteiger partial charge in [0.05, 0.1) is 0 Å². The Hall–Kier alpha value is -0.660. The Morgan fingerprint density at radius 1 is 1.43 bits per heavy atom. The van der Waals surface area contributed by atoms with Crippen LogP contribution in [0.1, 0.15) is 6.92 Å². The third kappa shape index (κ3) is 3.16. The molecule has 0 aromatic heterocycles. The van der Waals surface area contributed by atoms with Crippen molar-refractivity contribution in [1.82, 2.24) is 10.6 Å². The topological polar surface area (TPSA) is 24.1 Å². The molecule has 0 aromatic rings. The second-order valence-corrected chi connectivity index (χ2v) is 1.37. The Bertz CT molecular complexity index is 66.5. The van der Waals surface area contributed by atoms with Crippen molar-refractivity contribution in [3.8, 4) is 0 Å². The van der Waals surface area contributed by atoms with E-state index in [9.17, 15) is 0 Å². The summed E-state index contributed by atoms with van der Waals surface area (Å²) >= 11 is 0. The van der Waals surface area contributed by atoms with Gasteiger partial charge in [0.2, 0.25) is 0 Å². The van der Waals surface area contributed by atoms with E-state index in [1.807, 2.05) is 27.2 Å². The van der Waals surface area contributed by atoms with Gasteiger partial charge in [-0.25, -0.2) is 0 Å². The molecule has 0 spiro atoms. The van der Waals surface area contributed by atoms with Crippen molar-refractivity contribution in [3.63, 3.8) is 0 Å². The summed E-state index contributed by atoms with van der Waals surface area (Å²) < 4.78 is 0. The molecule has 0 saturated heterocycles. The average molecular weight is 100 g/mol. The van der Waals surface area contributed by atoms with Crippen LogP contribution in [0.4, 0.5) is 0 Å². The van der Waals surface area contributed by atoms with E-state index in [-0.39, 0.29) is 0 Å². The van der Waals surface area contributed by atoms with Crippen molar-refractivity contribution in [2.75, 3.05) is 14.1 Å². The van der Waals surface area contributed by atoms with Gasteiger partial charge >= 0.3 is 0 Å². The van der Waals surface area contributed by atoms with E-state index >= 15 is 0 Å². The van der Waals surface area contributed by atoms with Gasteiger partial charge in [-0.2, -0.15) is 0 Å². The molecule has 0 aliphatic heterocycles. The van der Waals surface area contributed by atoms with E-state index in [0.717, 1.165) is 5.70 Å². The molecule has 0 radical (unpaired) electrons. The zero-order valence-corrected chi connectivity index (χ0v) is 5.08. The highest BCUT2D eigenvalue weighted by atomic mass is 14.9. The fourth-order valence-electron chi connectivity index (χ4n) is 0.289. The maximum Gasteiger partial charge on any atom is 0.0232 e. The average Bonchev–Trinajstić information content (AvgIpc) is 1.68. The maximum absolute atomic E-state index is 2.96. The number of rotatable bonds is 2. The standard InChI is InChI=1S/C5H12N2/c1-5(7-3)4-6-2/h4,6-7H,1-3H3/b5-4-. The molecule has 0 atom stereocenters. The van der Waals surface area contributed by atoms with Crippen molar-refractivity contribution in [3.05, 3.63) is 11.9 Å². The van der Waals surface area contributed by atoms with Crippen LogP contribution in [0, 0.1) is 0 Å². The van der Waals surface area contributed by atoms with E-state index in [0.29, 0.717) is 0 Å². The molecule has 2 nitrogen and oxygen atoms in total. The molecule has 0 aliphatic carbocycles. The first-order valence-electron chi connectivity index (χ1n) is 2.33. The SMILES string of the molecule is CN/C=C(/C)NC. The molecule has 0 amide bonds. The highest BCUT2D eigenvalue weighted by Crippen LogP contribution is 1.75. The van der Waals surface area contributed by atoms with Crippen molar-refractivity contribution in [2.45, 2.75) is 6.92 Å². The van der Waals surface area contributed by atoms with Crippen LogP contribution in [0.5, 0.6) is 0 Å². The predicted molar refractivity (Wildman–Crippen MR) is 31.9 cm³/mol. The summed E-state index contributed by atoms with van der Waals surface area (Å²) in [4.78, 5) is 0. The fourth-order valence-corrected chi connectivity index (χ4v) is 0.289. The summed E-state index contributed by atoms with van der Waals surface area (Å²) in [6.07, 6.45) is 1.90. The van der Waals surface area contributed by atoms with Gasteiger partial charge < -0.3 is 10.6 Å². The van der Waals surface area contributed by atoms with Gasteiger partial charge in [0, 0.05) is 26.0 Å². The van der Waals surface area contributed by atoms with Crippen LogP contribution in [0.2, 0.25) is 0 Å². The van der Waals surface area contributed by atoms with Crippen LogP contribution in [0.15, 0.2) is 11.9 Å². The second-order valence-electron chi connectivity index (χ2n) is 1.37. The lowest BCUT2D eigenvalue weighted by Crippen LogP contribution is -2.05. The van der Waals surface area contributed by atoms with Gasteiger partial charge in [-0.15, -0.1) is 0 Å². The number of hydrogen-bond donors (Lipinski definition) is 2. The lowest BCUT2D eigenvalue weighted by atomic mass is 10.5. The molecular formula is C5H12N2. The fraction of sp³-hybridized carbons (Fsp3) is 0.600. The Balaban J connectivity index is 3.29. The van der Waals surface area contributed by atoms with E-state index < -0.39 is 0 Å². The van der Waals surface area contributed by atoms with Crippen molar-refractivity contribution in [2.24, 2.45) is 0 Å². The highest BCUT2D eigenvalue weighted by Gasteiger charge is 1.73. The molecule has 0 bridgehead atoms. The smallest absolute Gasteiger partial charge is 0.0232 e. The van der Waals surface area contributed by atoms with Crippen molar-refractivity contribution < 1.29 is 0 Å². The lowest BCUT2D eigenvalue weighted by Gasteiger charge is -1.95. The van der Waals surface area contributed by atoms with Crippen molar-refractivity contribution >= 4 is 0 Å². The molecule has 2 heteroatoms. The van der Waals surface area contributed by atoms with Crippen LogP contribution in [-0.4, -0.2) is 14.1 Å². The summed E-state index contributed by atoms with van der Waals surface area (Å²) in [6.45, 7) is 2.00. The molecule has 0 rings (SSSR count). The third-order valence-electron chi connectivity index (χ3n) is 0.755. The predicted octanol–water partition coefficient (Wildman–Crippen LogP) is 0.286. The Morgan fingerprint density at radius 2 is 2.00 bits per heavy atom. The van der Waals surface area contributed by atoms with Gasteiger partial charge in [0.15, 0.2) is 0 Å². The minimum Gasteiger partial charge on any atom is -0.393 e. The van der Waals surface area contributed by atoms with Crippen LogP contribution in [-0.2, 0) is 0 Å². The van der Waals surface area contributed by atoms with Gasteiger partial charge in [-0.05, 0) is 6.92 Å². The Labute approximate surface area is 44.6 Å². The van der Waals surface area contributed by atoms with Crippen LogP contribution in [0.25, 0.3) is 0 Å². The maximum atomic E-state index is 2.96. The molecule has 0 unspecified atom stereocenters. The normalized spacial score (nSPS) is 11.0. The number of hydrogen-bond acceptors (Lipinski definition) is 2. The Kier molecular flexibility index (Phi) is 3.19. The molecule has 2 N–H and O–H groups in total. The molecule has 0 fully saturated rings. The first kappa shape index (κ1) is 6.34. The first-order valence-corrected chi connectivity index (χ1v) is 2.33. The zero-order chi connectivity index (χ0) is 5.70. The monoisotopic (exact) mass is 100 g/mol. The third-order valence-corrected chi connectivity index (χ3v) is 0.755. The number of allylic oxidation sites excluding steroid dienone is 1. The summed E-state index contributed by atoms with van der Waals surface area (Å²) in [5, 5.41) is 5.86. The summed E-state index contributed by atoms with van der Waals surface area (Å²) in [6, 6.07) is 0. The summed E-state index contributed by atoms with van der Waals surface area (Å²) in [5.41, 5.74) is 1.14. The van der Waals surface area contributed by atoms with E-state index in [4.69, 9.17) is 0 Å². The minimum absolute atomic E-state index is 1.14. The summed E-state index contributed by atoms with van der Waals surface area (Å²) in [5.74, 6) is 0. The molecule has 0 aromatic carbocycles. The first-order chi connectivity index (χ1) is 3.31. The van der Waals surface area contributed by atoms with E-state index in [1.165, 1.54) is 0 Å². The largest absolute Gasteiger partial charge is 0.393 e.